The molecule has 0 atom stereocenters. The van der Waals surface area contributed by atoms with Crippen LogP contribution >= 0.6 is 15.9 Å². The number of halogens is 2. The predicted molar refractivity (Wildman–Crippen MR) is 77.2 cm³/mol. The van der Waals surface area contributed by atoms with Crippen molar-refractivity contribution in [2.24, 2.45) is 0 Å². The van der Waals surface area contributed by atoms with Crippen molar-refractivity contribution in [3.8, 4) is 0 Å². The van der Waals surface area contributed by atoms with E-state index in [0.717, 1.165) is 0 Å². The summed E-state index contributed by atoms with van der Waals surface area (Å²) in [5.41, 5.74) is 0.0466. The second-order valence-corrected chi connectivity index (χ2v) is 5.40. The normalized spacial score (nSPS) is 10.4. The third-order valence-electron chi connectivity index (χ3n) is 2.62. The molecule has 2 amide bonds. The SMILES string of the molecule is CC(C)N(CCC(=O)O)C(=O)Nc1cc(Br)ccc1F. The van der Waals surface area contributed by atoms with Gasteiger partial charge in [-0.15, -0.1) is 0 Å². The summed E-state index contributed by atoms with van der Waals surface area (Å²) in [7, 11) is 0. The van der Waals surface area contributed by atoms with Crippen LogP contribution in [0.15, 0.2) is 22.7 Å². The standard InChI is InChI=1S/C13H16BrFN2O3/c1-8(2)17(6-5-12(18)19)13(20)16-11-7-9(14)3-4-10(11)15/h3-4,7-8H,5-6H2,1-2H3,(H,16,20)(H,18,19). The molecule has 0 saturated heterocycles. The number of hydrogen-bond donors (Lipinski definition) is 2. The quantitative estimate of drug-likeness (QED) is 0.859. The number of carbonyl (C=O) groups excluding carboxylic acids is 1. The fourth-order valence-corrected chi connectivity index (χ4v) is 1.95. The Morgan fingerprint density at radius 1 is 1.45 bits per heavy atom. The zero-order valence-corrected chi connectivity index (χ0v) is 12.8. The Morgan fingerprint density at radius 2 is 2.10 bits per heavy atom. The number of carboxylic acids is 1. The van der Waals surface area contributed by atoms with E-state index in [0.29, 0.717) is 4.47 Å². The van der Waals surface area contributed by atoms with E-state index in [4.69, 9.17) is 5.11 Å². The average molecular weight is 347 g/mol. The molecular weight excluding hydrogens is 331 g/mol. The van der Waals surface area contributed by atoms with Gasteiger partial charge >= 0.3 is 12.0 Å². The van der Waals surface area contributed by atoms with Crippen LogP contribution in [0.5, 0.6) is 0 Å². The Bertz CT molecular complexity index is 508. The van der Waals surface area contributed by atoms with Crippen LogP contribution in [0, 0.1) is 5.82 Å². The van der Waals surface area contributed by atoms with Gasteiger partial charge in [-0.1, -0.05) is 15.9 Å². The fourth-order valence-electron chi connectivity index (χ4n) is 1.59. The van der Waals surface area contributed by atoms with Crippen molar-refractivity contribution in [1.82, 2.24) is 4.90 Å². The highest BCUT2D eigenvalue weighted by Gasteiger charge is 2.19. The molecule has 110 valence electrons. The predicted octanol–water partition coefficient (Wildman–Crippen LogP) is 3.31. The van der Waals surface area contributed by atoms with Crippen LogP contribution in [-0.4, -0.2) is 34.6 Å². The summed E-state index contributed by atoms with van der Waals surface area (Å²) in [5, 5.41) is 11.1. The van der Waals surface area contributed by atoms with Gasteiger partial charge in [-0.2, -0.15) is 0 Å². The minimum atomic E-state index is -0.989. The highest BCUT2D eigenvalue weighted by molar-refractivity contribution is 9.10. The Kier molecular flexibility index (Phi) is 5.94. The van der Waals surface area contributed by atoms with Crippen molar-refractivity contribution in [1.29, 1.82) is 0 Å². The number of anilines is 1. The molecular formula is C13H16BrFN2O3. The first-order valence-electron chi connectivity index (χ1n) is 6.05. The van der Waals surface area contributed by atoms with E-state index in [1.165, 1.54) is 23.1 Å². The van der Waals surface area contributed by atoms with Crippen LogP contribution in [0.25, 0.3) is 0 Å². The molecule has 1 aromatic carbocycles. The van der Waals surface area contributed by atoms with Crippen LogP contribution in [0.3, 0.4) is 0 Å². The molecule has 0 aliphatic carbocycles. The van der Waals surface area contributed by atoms with Crippen LogP contribution < -0.4 is 5.32 Å². The molecule has 0 bridgehead atoms. The number of nitrogens with zero attached hydrogens (tertiary/aromatic N) is 1. The van der Waals surface area contributed by atoms with Crippen LogP contribution in [0.1, 0.15) is 20.3 Å². The zero-order valence-electron chi connectivity index (χ0n) is 11.2. The molecule has 0 saturated carbocycles. The Morgan fingerprint density at radius 3 is 2.65 bits per heavy atom. The monoisotopic (exact) mass is 346 g/mol. The topological polar surface area (TPSA) is 69.6 Å². The first-order valence-corrected chi connectivity index (χ1v) is 6.85. The number of hydrogen-bond acceptors (Lipinski definition) is 2. The molecule has 20 heavy (non-hydrogen) atoms. The number of nitrogens with one attached hydrogen (secondary N) is 1. The van der Waals surface area contributed by atoms with Gasteiger partial charge in [0.25, 0.3) is 0 Å². The summed E-state index contributed by atoms with van der Waals surface area (Å²) >= 11 is 3.19. The van der Waals surface area contributed by atoms with E-state index in [-0.39, 0.29) is 24.7 Å². The van der Waals surface area contributed by atoms with Crippen molar-refractivity contribution in [3.05, 3.63) is 28.5 Å². The summed E-state index contributed by atoms with van der Waals surface area (Å²) in [6.45, 7) is 3.59. The van der Waals surface area contributed by atoms with E-state index in [2.05, 4.69) is 21.2 Å². The summed E-state index contributed by atoms with van der Waals surface area (Å²) in [5.74, 6) is -1.54. The van der Waals surface area contributed by atoms with Crippen molar-refractivity contribution >= 4 is 33.6 Å². The van der Waals surface area contributed by atoms with Gasteiger partial charge in [0, 0.05) is 17.1 Å². The number of aliphatic carboxylic acids is 1. The third kappa shape index (κ3) is 4.80. The van der Waals surface area contributed by atoms with Gasteiger partial charge in [-0.3, -0.25) is 4.79 Å². The molecule has 0 aromatic heterocycles. The van der Waals surface area contributed by atoms with Crippen molar-refractivity contribution in [3.63, 3.8) is 0 Å². The lowest BCUT2D eigenvalue weighted by Gasteiger charge is -2.26. The van der Waals surface area contributed by atoms with E-state index < -0.39 is 17.8 Å². The maximum Gasteiger partial charge on any atom is 0.322 e. The van der Waals surface area contributed by atoms with E-state index in [9.17, 15) is 14.0 Å². The Hall–Kier alpha value is -1.63. The fraction of sp³-hybridized carbons (Fsp3) is 0.385. The lowest BCUT2D eigenvalue weighted by Crippen LogP contribution is -2.41. The molecule has 0 fully saturated rings. The number of urea groups is 1. The van der Waals surface area contributed by atoms with E-state index in [1.807, 2.05) is 0 Å². The molecule has 0 unspecified atom stereocenters. The first-order chi connectivity index (χ1) is 9.31. The molecule has 5 nitrogen and oxygen atoms in total. The number of carbonyl (C=O) groups is 2. The number of amides is 2. The van der Waals surface area contributed by atoms with Crippen LogP contribution in [-0.2, 0) is 4.79 Å². The minimum absolute atomic E-state index is 0.0466. The summed E-state index contributed by atoms with van der Waals surface area (Å²) in [6, 6.07) is 3.48. The van der Waals surface area contributed by atoms with Gasteiger partial charge in [0.1, 0.15) is 5.82 Å². The van der Waals surface area contributed by atoms with E-state index >= 15 is 0 Å². The molecule has 0 spiro atoms. The lowest BCUT2D eigenvalue weighted by atomic mass is 10.3. The molecule has 7 heteroatoms. The largest absolute Gasteiger partial charge is 0.481 e. The summed E-state index contributed by atoms with van der Waals surface area (Å²) < 4.78 is 14.2. The maximum atomic E-state index is 13.6. The zero-order chi connectivity index (χ0) is 15.3. The van der Waals surface area contributed by atoms with Gasteiger partial charge in [-0.05, 0) is 32.0 Å². The third-order valence-corrected chi connectivity index (χ3v) is 3.11. The highest BCUT2D eigenvalue weighted by Crippen LogP contribution is 2.20. The minimum Gasteiger partial charge on any atom is -0.481 e. The average Bonchev–Trinajstić information content (AvgIpc) is 2.33. The molecule has 0 aliphatic rings. The van der Waals surface area contributed by atoms with E-state index in [1.54, 1.807) is 13.8 Å². The Balaban J connectivity index is 2.80. The van der Waals surface area contributed by atoms with Crippen molar-refractivity contribution < 1.29 is 19.1 Å². The van der Waals surface area contributed by atoms with Crippen molar-refractivity contribution in [2.45, 2.75) is 26.3 Å². The van der Waals surface area contributed by atoms with Gasteiger partial charge in [0.15, 0.2) is 0 Å². The van der Waals surface area contributed by atoms with Gasteiger partial charge in [0.2, 0.25) is 0 Å². The highest BCUT2D eigenvalue weighted by atomic mass is 79.9. The van der Waals surface area contributed by atoms with Crippen molar-refractivity contribution in [2.75, 3.05) is 11.9 Å². The number of carboxylic acid groups (broad SMARTS) is 1. The molecule has 2 N–H and O–H groups in total. The van der Waals surface area contributed by atoms with Crippen LogP contribution in [0.4, 0.5) is 14.9 Å². The maximum absolute atomic E-state index is 13.6. The van der Waals surface area contributed by atoms with Crippen LogP contribution in [0.2, 0.25) is 0 Å². The number of rotatable bonds is 5. The second-order valence-electron chi connectivity index (χ2n) is 4.49. The summed E-state index contributed by atoms with van der Waals surface area (Å²) in [4.78, 5) is 24.0. The molecule has 0 radical (unpaired) electrons. The molecule has 1 rings (SSSR count). The second kappa shape index (κ2) is 7.23. The van der Waals surface area contributed by atoms with Gasteiger partial charge < -0.3 is 15.3 Å². The smallest absolute Gasteiger partial charge is 0.322 e. The Labute approximate surface area is 124 Å². The number of benzene rings is 1. The molecule has 0 aliphatic heterocycles. The first kappa shape index (κ1) is 16.4. The molecule has 0 heterocycles. The summed E-state index contributed by atoms with van der Waals surface area (Å²) in [6.07, 6.45) is -0.160. The molecule has 1 aromatic rings. The lowest BCUT2D eigenvalue weighted by molar-refractivity contribution is -0.137. The van der Waals surface area contributed by atoms with Gasteiger partial charge in [-0.25, -0.2) is 9.18 Å². The van der Waals surface area contributed by atoms with Gasteiger partial charge in [0.05, 0.1) is 12.1 Å².